The molecule has 7 heteroatoms. The number of carboxylic acids is 2. The maximum Gasteiger partial charge on any atom is 1.00 e. The van der Waals surface area contributed by atoms with Crippen molar-refractivity contribution in [3.05, 3.63) is 0 Å². The largest absolute Gasteiger partial charge is 1.00 e. The molecule has 1 unspecified atom stereocenters. The van der Waals surface area contributed by atoms with Gasteiger partial charge >= 0.3 is 35.5 Å². The standard InChI is InChI=1S/C17H31NO5.Na/c1-3-4-5-6-7-8-9-10-11-12-15(19)18(13-16(20)21)14(2)17(22)23;/h14H,3-13H2,1-2H3,(H,20,21)(H,22,23);/q;+1/p-1. The van der Waals surface area contributed by atoms with Gasteiger partial charge in [-0.15, -0.1) is 0 Å². The second kappa shape index (κ2) is 15.9. The van der Waals surface area contributed by atoms with Crippen LogP contribution in [0.3, 0.4) is 0 Å². The van der Waals surface area contributed by atoms with Gasteiger partial charge in [-0.2, -0.15) is 0 Å². The SMILES string of the molecule is CCCCCCCCCCCC(=O)N(CC(=O)[O-])C(C)C(=O)O.[Na+]. The first-order chi connectivity index (χ1) is 10.9. The smallest absolute Gasteiger partial charge is 0.548 e. The Morgan fingerprint density at radius 3 is 1.83 bits per heavy atom. The number of carboxylic acid groups (broad SMARTS) is 2. The van der Waals surface area contributed by atoms with Gasteiger partial charge < -0.3 is 19.9 Å². The molecule has 0 aromatic carbocycles. The molecule has 1 atom stereocenters. The zero-order valence-corrected chi connectivity index (χ0v) is 17.4. The van der Waals surface area contributed by atoms with E-state index in [1.807, 2.05) is 0 Å². The van der Waals surface area contributed by atoms with Gasteiger partial charge in [0, 0.05) is 6.42 Å². The summed E-state index contributed by atoms with van der Waals surface area (Å²) >= 11 is 0. The van der Waals surface area contributed by atoms with Crippen molar-refractivity contribution in [2.45, 2.75) is 84.1 Å². The molecule has 1 amide bonds. The molecule has 1 N–H and O–H groups in total. The summed E-state index contributed by atoms with van der Waals surface area (Å²) in [6.07, 6.45) is 10.2. The minimum atomic E-state index is -1.45. The Morgan fingerprint density at radius 1 is 0.958 bits per heavy atom. The van der Waals surface area contributed by atoms with Crippen molar-refractivity contribution in [2.75, 3.05) is 6.54 Å². The predicted octanol–water partition coefficient (Wildman–Crippen LogP) is -1.04. The van der Waals surface area contributed by atoms with Crippen LogP contribution < -0.4 is 34.7 Å². The van der Waals surface area contributed by atoms with E-state index in [1.54, 1.807) is 0 Å². The summed E-state index contributed by atoms with van der Waals surface area (Å²) in [6.45, 7) is 2.81. The number of amides is 1. The maximum absolute atomic E-state index is 12.0. The Bertz CT molecular complexity index is 376. The van der Waals surface area contributed by atoms with Crippen molar-refractivity contribution in [1.82, 2.24) is 4.90 Å². The Kier molecular flexibility index (Phi) is 17.0. The molecule has 24 heavy (non-hydrogen) atoms. The molecular formula is C17H30NNaO5. The first-order valence-electron chi connectivity index (χ1n) is 8.62. The quantitative estimate of drug-likeness (QED) is 0.319. The predicted molar refractivity (Wildman–Crippen MR) is 85.7 cm³/mol. The second-order valence-electron chi connectivity index (χ2n) is 5.99. The first kappa shape index (κ1) is 25.6. The molecule has 6 nitrogen and oxygen atoms in total. The number of rotatable bonds is 14. The van der Waals surface area contributed by atoms with E-state index in [0.29, 0.717) is 6.42 Å². The van der Waals surface area contributed by atoms with Gasteiger partial charge in [0.05, 0.1) is 12.5 Å². The molecule has 0 rings (SSSR count). The molecule has 0 fully saturated rings. The summed E-state index contributed by atoms with van der Waals surface area (Å²) < 4.78 is 0. The molecule has 134 valence electrons. The Balaban J connectivity index is 0. The number of hydrogen-bond acceptors (Lipinski definition) is 4. The molecule has 0 bridgehead atoms. The summed E-state index contributed by atoms with van der Waals surface area (Å²) in [7, 11) is 0. The van der Waals surface area contributed by atoms with Gasteiger partial charge in [-0.25, -0.2) is 4.79 Å². The minimum absolute atomic E-state index is 0. The molecule has 0 spiro atoms. The van der Waals surface area contributed by atoms with E-state index < -0.39 is 30.4 Å². The third-order valence-electron chi connectivity index (χ3n) is 3.94. The summed E-state index contributed by atoms with van der Waals surface area (Å²) in [6, 6.07) is -1.15. The van der Waals surface area contributed by atoms with Gasteiger partial charge in [0.15, 0.2) is 0 Å². The third-order valence-corrected chi connectivity index (χ3v) is 3.94. The van der Waals surface area contributed by atoms with Crippen molar-refractivity contribution in [2.24, 2.45) is 0 Å². The molecule has 0 saturated carbocycles. The van der Waals surface area contributed by atoms with Crippen molar-refractivity contribution in [3.63, 3.8) is 0 Å². The van der Waals surface area contributed by atoms with E-state index in [0.717, 1.165) is 24.2 Å². The van der Waals surface area contributed by atoms with Crippen molar-refractivity contribution in [3.8, 4) is 0 Å². The Labute approximate surface area is 167 Å². The van der Waals surface area contributed by atoms with Crippen LogP contribution in [-0.2, 0) is 14.4 Å². The maximum atomic E-state index is 12.0. The summed E-state index contributed by atoms with van der Waals surface area (Å²) in [5.74, 6) is -3.10. The van der Waals surface area contributed by atoms with Crippen LogP contribution in [0.4, 0.5) is 0 Å². The van der Waals surface area contributed by atoms with E-state index in [2.05, 4.69) is 6.92 Å². The Hall–Kier alpha value is -0.590. The second-order valence-corrected chi connectivity index (χ2v) is 5.99. The van der Waals surface area contributed by atoms with E-state index in [9.17, 15) is 19.5 Å². The average Bonchev–Trinajstić information content (AvgIpc) is 2.49. The fraction of sp³-hybridized carbons (Fsp3) is 0.824. The molecule has 0 radical (unpaired) electrons. The van der Waals surface area contributed by atoms with Crippen molar-refractivity contribution < 1.29 is 54.2 Å². The van der Waals surface area contributed by atoms with Crippen LogP contribution in [0.1, 0.15) is 78.1 Å². The van der Waals surface area contributed by atoms with Crippen LogP contribution >= 0.6 is 0 Å². The van der Waals surface area contributed by atoms with Crippen LogP contribution in [0.25, 0.3) is 0 Å². The van der Waals surface area contributed by atoms with Gasteiger partial charge in [0.2, 0.25) is 5.91 Å². The first-order valence-corrected chi connectivity index (χ1v) is 8.62. The minimum Gasteiger partial charge on any atom is -0.548 e. The zero-order chi connectivity index (χ0) is 17.7. The van der Waals surface area contributed by atoms with Crippen LogP contribution in [0.15, 0.2) is 0 Å². The number of nitrogens with zero attached hydrogens (tertiary/aromatic N) is 1. The van der Waals surface area contributed by atoms with E-state index in [4.69, 9.17) is 5.11 Å². The van der Waals surface area contributed by atoms with Crippen LogP contribution in [0.2, 0.25) is 0 Å². The van der Waals surface area contributed by atoms with Crippen molar-refractivity contribution >= 4 is 17.8 Å². The molecule has 0 aliphatic heterocycles. The third kappa shape index (κ3) is 12.8. The fourth-order valence-electron chi connectivity index (χ4n) is 2.44. The van der Waals surface area contributed by atoms with Gasteiger partial charge in [-0.05, 0) is 13.3 Å². The molecule has 0 aliphatic rings. The summed E-state index contributed by atoms with van der Waals surface area (Å²) in [5.41, 5.74) is 0. The van der Waals surface area contributed by atoms with Gasteiger partial charge in [-0.3, -0.25) is 4.79 Å². The normalized spacial score (nSPS) is 11.4. The van der Waals surface area contributed by atoms with Gasteiger partial charge in [0.25, 0.3) is 0 Å². The van der Waals surface area contributed by atoms with Crippen LogP contribution in [0.5, 0.6) is 0 Å². The molecular weight excluding hydrogens is 321 g/mol. The van der Waals surface area contributed by atoms with Gasteiger partial charge in [0.1, 0.15) is 6.04 Å². The molecule has 0 heterocycles. The van der Waals surface area contributed by atoms with E-state index >= 15 is 0 Å². The summed E-state index contributed by atoms with van der Waals surface area (Å²) in [4.78, 5) is 34.5. The summed E-state index contributed by atoms with van der Waals surface area (Å²) in [5, 5.41) is 19.6. The van der Waals surface area contributed by atoms with E-state index in [-0.39, 0.29) is 36.0 Å². The number of carbonyl (C=O) groups excluding carboxylic acids is 2. The topological polar surface area (TPSA) is 97.7 Å². The number of hydrogen-bond donors (Lipinski definition) is 1. The van der Waals surface area contributed by atoms with Crippen molar-refractivity contribution in [1.29, 1.82) is 0 Å². The molecule has 0 aliphatic carbocycles. The fourth-order valence-corrected chi connectivity index (χ4v) is 2.44. The zero-order valence-electron chi connectivity index (χ0n) is 15.4. The molecule has 0 aromatic heterocycles. The number of aliphatic carboxylic acids is 2. The number of carbonyl (C=O) groups is 3. The average molecular weight is 351 g/mol. The Morgan fingerprint density at radius 2 is 1.42 bits per heavy atom. The van der Waals surface area contributed by atoms with Crippen LogP contribution in [0, 0.1) is 0 Å². The number of unbranched alkanes of at least 4 members (excludes halogenated alkanes) is 8. The van der Waals surface area contributed by atoms with Gasteiger partial charge in [-0.1, -0.05) is 58.3 Å². The molecule has 0 aromatic rings. The van der Waals surface area contributed by atoms with E-state index in [1.165, 1.54) is 39.0 Å². The monoisotopic (exact) mass is 351 g/mol. The molecule has 0 saturated heterocycles. The van der Waals surface area contributed by atoms with Crippen LogP contribution in [-0.4, -0.2) is 40.4 Å².